The normalized spacial score (nSPS) is 19.7. The maximum Gasteiger partial charge on any atom is 0.242 e. The molecule has 5 heteroatoms. The first kappa shape index (κ1) is 23.5. The van der Waals surface area contributed by atoms with Gasteiger partial charge in [-0.1, -0.05) is 60.2 Å². The number of rotatable bonds is 9. The van der Waals surface area contributed by atoms with Crippen LogP contribution in [0.5, 0.6) is 0 Å². The van der Waals surface area contributed by atoms with Crippen LogP contribution in [0.3, 0.4) is 0 Å². The molecule has 2 fully saturated rings. The Morgan fingerprint density at radius 1 is 0.970 bits per heavy atom. The summed E-state index contributed by atoms with van der Waals surface area (Å²) in [4.78, 5) is 29.4. The molecule has 0 aliphatic carbocycles. The molecule has 0 aromatic heterocycles. The Morgan fingerprint density at radius 2 is 1.70 bits per heavy atom. The van der Waals surface area contributed by atoms with Gasteiger partial charge in [-0.15, -0.1) is 0 Å². The average Bonchev–Trinajstić information content (AvgIpc) is 3.20. The molecule has 176 valence electrons. The number of hydrogen-bond acceptors (Lipinski definition) is 3. The molecule has 2 aliphatic rings. The second-order valence-corrected chi connectivity index (χ2v) is 9.68. The Kier molecular flexibility index (Phi) is 8.16. The van der Waals surface area contributed by atoms with Gasteiger partial charge in [0.2, 0.25) is 11.8 Å². The number of carbonyl (C=O) groups is 2. The molecule has 2 aromatic carbocycles. The third-order valence-electron chi connectivity index (χ3n) is 7.13. The van der Waals surface area contributed by atoms with Gasteiger partial charge < -0.3 is 15.1 Å². The van der Waals surface area contributed by atoms with Gasteiger partial charge in [0, 0.05) is 19.5 Å². The lowest BCUT2D eigenvalue weighted by Crippen LogP contribution is -2.45. The van der Waals surface area contributed by atoms with E-state index < -0.39 is 0 Å². The SMILES string of the molecule is Cc1ccc(CN2C(=O)CCC2C(=O)NCCCN2CCC(Cc3ccccc3)CC2)cc1. The predicted octanol–water partition coefficient (Wildman–Crippen LogP) is 3.95. The van der Waals surface area contributed by atoms with Crippen LogP contribution in [0.15, 0.2) is 54.6 Å². The van der Waals surface area contributed by atoms with Gasteiger partial charge in [-0.3, -0.25) is 9.59 Å². The summed E-state index contributed by atoms with van der Waals surface area (Å²) in [5.41, 5.74) is 3.71. The van der Waals surface area contributed by atoms with Crippen LogP contribution in [0.4, 0.5) is 0 Å². The fourth-order valence-electron chi connectivity index (χ4n) is 5.09. The fraction of sp³-hybridized carbons (Fsp3) is 0.500. The molecule has 33 heavy (non-hydrogen) atoms. The van der Waals surface area contributed by atoms with Crippen LogP contribution in [0.2, 0.25) is 0 Å². The van der Waals surface area contributed by atoms with Crippen molar-refractivity contribution in [2.24, 2.45) is 5.92 Å². The average molecular weight is 448 g/mol. The standard InChI is InChI=1S/C28H37N3O2/c1-22-8-10-25(11-9-22)21-31-26(12-13-27(31)32)28(33)29-16-5-17-30-18-14-24(15-19-30)20-23-6-3-2-4-7-23/h2-4,6-11,24,26H,5,12-21H2,1H3,(H,29,33). The minimum atomic E-state index is -0.340. The molecular formula is C28H37N3O2. The summed E-state index contributed by atoms with van der Waals surface area (Å²) in [5.74, 6) is 0.853. The van der Waals surface area contributed by atoms with Crippen molar-refractivity contribution in [1.82, 2.24) is 15.1 Å². The van der Waals surface area contributed by atoms with Crippen LogP contribution in [0.25, 0.3) is 0 Å². The van der Waals surface area contributed by atoms with E-state index in [0.29, 0.717) is 25.9 Å². The van der Waals surface area contributed by atoms with Gasteiger partial charge >= 0.3 is 0 Å². The number of aryl methyl sites for hydroxylation is 1. The highest BCUT2D eigenvalue weighted by atomic mass is 16.2. The Balaban J connectivity index is 1.15. The molecule has 2 aliphatic heterocycles. The van der Waals surface area contributed by atoms with E-state index in [2.05, 4.69) is 52.7 Å². The highest BCUT2D eigenvalue weighted by Gasteiger charge is 2.35. The van der Waals surface area contributed by atoms with Crippen LogP contribution >= 0.6 is 0 Å². The van der Waals surface area contributed by atoms with Crippen molar-refractivity contribution in [3.8, 4) is 0 Å². The van der Waals surface area contributed by atoms with Gasteiger partial charge in [0.05, 0.1) is 0 Å². The minimum absolute atomic E-state index is 0.00506. The number of amides is 2. The second-order valence-electron chi connectivity index (χ2n) is 9.68. The topological polar surface area (TPSA) is 52.7 Å². The number of benzene rings is 2. The Labute approximate surface area is 198 Å². The van der Waals surface area contributed by atoms with Crippen LogP contribution in [0.1, 0.15) is 48.8 Å². The first-order valence-electron chi connectivity index (χ1n) is 12.5. The van der Waals surface area contributed by atoms with E-state index in [9.17, 15) is 9.59 Å². The second kappa shape index (κ2) is 11.5. The van der Waals surface area contributed by atoms with E-state index in [-0.39, 0.29) is 17.9 Å². The number of piperidine rings is 1. The van der Waals surface area contributed by atoms with Crippen molar-refractivity contribution in [3.05, 3.63) is 71.3 Å². The fourth-order valence-corrected chi connectivity index (χ4v) is 5.09. The summed E-state index contributed by atoms with van der Waals surface area (Å²) >= 11 is 0. The van der Waals surface area contributed by atoms with Crippen LogP contribution in [-0.2, 0) is 22.6 Å². The monoisotopic (exact) mass is 447 g/mol. The summed E-state index contributed by atoms with van der Waals surface area (Å²) in [6.07, 6.45) is 5.71. The quantitative estimate of drug-likeness (QED) is 0.593. The smallest absolute Gasteiger partial charge is 0.242 e. The molecule has 2 saturated heterocycles. The maximum atomic E-state index is 12.8. The molecule has 1 atom stereocenters. The van der Waals surface area contributed by atoms with Crippen molar-refractivity contribution >= 4 is 11.8 Å². The predicted molar refractivity (Wildman–Crippen MR) is 132 cm³/mol. The number of nitrogens with zero attached hydrogens (tertiary/aromatic N) is 2. The molecule has 4 rings (SSSR count). The van der Waals surface area contributed by atoms with Crippen LogP contribution in [0, 0.1) is 12.8 Å². The molecule has 1 N–H and O–H groups in total. The van der Waals surface area contributed by atoms with Gasteiger partial charge in [0.1, 0.15) is 6.04 Å². The van der Waals surface area contributed by atoms with E-state index in [0.717, 1.165) is 37.5 Å². The Bertz CT molecular complexity index is 904. The van der Waals surface area contributed by atoms with Gasteiger partial charge in [-0.05, 0) is 75.7 Å². The molecule has 0 radical (unpaired) electrons. The van der Waals surface area contributed by atoms with Crippen molar-refractivity contribution in [3.63, 3.8) is 0 Å². The van der Waals surface area contributed by atoms with Crippen LogP contribution in [-0.4, -0.2) is 53.8 Å². The highest BCUT2D eigenvalue weighted by molar-refractivity contribution is 5.90. The zero-order chi connectivity index (χ0) is 23.0. The molecule has 0 bridgehead atoms. The van der Waals surface area contributed by atoms with E-state index in [4.69, 9.17) is 0 Å². The van der Waals surface area contributed by atoms with Gasteiger partial charge in [0.15, 0.2) is 0 Å². The number of likely N-dealkylation sites (tertiary alicyclic amines) is 2. The summed E-state index contributed by atoms with van der Waals surface area (Å²) in [6.45, 7) is 6.55. The maximum absolute atomic E-state index is 12.8. The summed E-state index contributed by atoms with van der Waals surface area (Å²) in [5, 5.41) is 3.09. The van der Waals surface area contributed by atoms with E-state index in [1.54, 1.807) is 4.90 Å². The van der Waals surface area contributed by atoms with Crippen molar-refractivity contribution in [2.75, 3.05) is 26.2 Å². The lowest BCUT2D eigenvalue weighted by Gasteiger charge is -2.32. The Hall–Kier alpha value is -2.66. The van der Waals surface area contributed by atoms with Gasteiger partial charge in [-0.25, -0.2) is 0 Å². The summed E-state index contributed by atoms with van der Waals surface area (Å²) < 4.78 is 0. The lowest BCUT2D eigenvalue weighted by molar-refractivity contribution is -0.135. The molecule has 5 nitrogen and oxygen atoms in total. The first-order chi connectivity index (χ1) is 16.1. The zero-order valence-corrected chi connectivity index (χ0v) is 19.8. The molecule has 1 unspecified atom stereocenters. The summed E-state index contributed by atoms with van der Waals surface area (Å²) in [7, 11) is 0. The van der Waals surface area contributed by atoms with Gasteiger partial charge in [0.25, 0.3) is 0 Å². The van der Waals surface area contributed by atoms with Crippen molar-refractivity contribution in [1.29, 1.82) is 0 Å². The molecule has 0 saturated carbocycles. The van der Waals surface area contributed by atoms with E-state index in [1.807, 2.05) is 19.1 Å². The van der Waals surface area contributed by atoms with E-state index >= 15 is 0 Å². The minimum Gasteiger partial charge on any atom is -0.354 e. The van der Waals surface area contributed by atoms with Crippen molar-refractivity contribution < 1.29 is 9.59 Å². The zero-order valence-electron chi connectivity index (χ0n) is 19.8. The number of carbonyl (C=O) groups excluding carboxylic acids is 2. The highest BCUT2D eigenvalue weighted by Crippen LogP contribution is 2.23. The molecule has 2 amide bonds. The largest absolute Gasteiger partial charge is 0.354 e. The number of hydrogen-bond donors (Lipinski definition) is 1. The third-order valence-corrected chi connectivity index (χ3v) is 7.13. The molecule has 2 aromatic rings. The summed E-state index contributed by atoms with van der Waals surface area (Å²) in [6, 6.07) is 18.6. The Morgan fingerprint density at radius 3 is 2.42 bits per heavy atom. The first-order valence-corrected chi connectivity index (χ1v) is 12.5. The van der Waals surface area contributed by atoms with E-state index in [1.165, 1.54) is 30.4 Å². The lowest BCUT2D eigenvalue weighted by atomic mass is 9.90. The van der Waals surface area contributed by atoms with Crippen molar-refractivity contribution in [2.45, 2.75) is 58.0 Å². The molecule has 0 spiro atoms. The number of nitrogens with one attached hydrogen (secondary N) is 1. The molecule has 2 heterocycles. The third kappa shape index (κ3) is 6.67. The van der Waals surface area contributed by atoms with Crippen LogP contribution < -0.4 is 5.32 Å². The molecular weight excluding hydrogens is 410 g/mol. The van der Waals surface area contributed by atoms with Gasteiger partial charge in [-0.2, -0.15) is 0 Å².